The van der Waals surface area contributed by atoms with Gasteiger partial charge in [-0.1, -0.05) is 0 Å². The van der Waals surface area contributed by atoms with Crippen molar-refractivity contribution >= 4 is 11.9 Å². The molecule has 0 atom stereocenters. The van der Waals surface area contributed by atoms with Crippen molar-refractivity contribution in [1.29, 1.82) is 0 Å². The minimum absolute atomic E-state index is 0.145. The van der Waals surface area contributed by atoms with Gasteiger partial charge in [-0.05, 0) is 43.7 Å². The molecule has 1 aromatic carbocycles. The molecule has 0 saturated carbocycles. The second-order valence-corrected chi connectivity index (χ2v) is 4.79. The van der Waals surface area contributed by atoms with Crippen LogP contribution in [-0.4, -0.2) is 44.8 Å². The highest BCUT2D eigenvalue weighted by atomic mass is 19.1. The summed E-state index contributed by atoms with van der Waals surface area (Å²) >= 11 is 0. The molecule has 0 saturated heterocycles. The molecule has 1 N–H and O–H groups in total. The second kappa shape index (κ2) is 6.38. The van der Waals surface area contributed by atoms with Crippen LogP contribution < -0.4 is 0 Å². The summed E-state index contributed by atoms with van der Waals surface area (Å²) in [5, 5.41) is 13.0. The van der Waals surface area contributed by atoms with Crippen LogP contribution in [0.5, 0.6) is 0 Å². The van der Waals surface area contributed by atoms with Crippen molar-refractivity contribution in [3.05, 3.63) is 47.5 Å². The normalized spacial score (nSPS) is 10.5. The number of rotatable bonds is 5. The van der Waals surface area contributed by atoms with Crippen molar-refractivity contribution < 1.29 is 19.1 Å². The average molecular weight is 305 g/mol. The van der Waals surface area contributed by atoms with E-state index < -0.39 is 11.9 Å². The number of aromatic nitrogens is 2. The van der Waals surface area contributed by atoms with Crippen LogP contribution >= 0.6 is 0 Å². The Kier molecular flexibility index (Phi) is 4.55. The van der Waals surface area contributed by atoms with Gasteiger partial charge in [0, 0.05) is 12.7 Å². The fourth-order valence-electron chi connectivity index (χ4n) is 2.10. The number of aryl methyl sites for hydroxylation is 1. The molecule has 6 nitrogen and oxygen atoms in total. The zero-order chi connectivity index (χ0) is 16.3. The molecule has 0 spiro atoms. The summed E-state index contributed by atoms with van der Waals surface area (Å²) in [7, 11) is 0. The zero-order valence-corrected chi connectivity index (χ0v) is 12.3. The molecule has 0 radical (unpaired) electrons. The summed E-state index contributed by atoms with van der Waals surface area (Å²) in [4.78, 5) is 24.2. The van der Waals surface area contributed by atoms with E-state index in [4.69, 9.17) is 5.11 Å². The summed E-state index contributed by atoms with van der Waals surface area (Å²) in [6.45, 7) is 3.33. The molecule has 0 fully saturated rings. The van der Waals surface area contributed by atoms with Crippen LogP contribution in [-0.2, 0) is 4.79 Å². The smallest absolute Gasteiger partial charge is 0.323 e. The highest BCUT2D eigenvalue weighted by molar-refractivity contribution is 5.94. The van der Waals surface area contributed by atoms with Crippen molar-refractivity contribution in [2.45, 2.75) is 13.8 Å². The highest BCUT2D eigenvalue weighted by Gasteiger charge is 2.19. The first-order valence-electron chi connectivity index (χ1n) is 6.75. The van der Waals surface area contributed by atoms with Crippen LogP contribution in [0.4, 0.5) is 4.39 Å². The Bertz CT molecular complexity index is 712. The van der Waals surface area contributed by atoms with Crippen LogP contribution in [0.3, 0.4) is 0 Å². The number of carbonyl (C=O) groups is 2. The molecule has 22 heavy (non-hydrogen) atoms. The maximum Gasteiger partial charge on any atom is 0.323 e. The fourth-order valence-corrected chi connectivity index (χ4v) is 2.10. The summed E-state index contributed by atoms with van der Waals surface area (Å²) in [6.07, 6.45) is 1.59. The molecule has 1 amide bonds. The molecule has 2 aromatic rings. The van der Waals surface area contributed by atoms with E-state index in [0.717, 1.165) is 0 Å². The Labute approximate surface area is 126 Å². The maximum atomic E-state index is 13.1. The van der Waals surface area contributed by atoms with Gasteiger partial charge in [-0.2, -0.15) is 5.10 Å². The Morgan fingerprint density at radius 3 is 2.68 bits per heavy atom. The second-order valence-electron chi connectivity index (χ2n) is 4.79. The van der Waals surface area contributed by atoms with Gasteiger partial charge in [0.25, 0.3) is 5.91 Å². The summed E-state index contributed by atoms with van der Waals surface area (Å²) in [5.74, 6) is -1.88. The van der Waals surface area contributed by atoms with Gasteiger partial charge in [0.05, 0.1) is 5.69 Å². The van der Waals surface area contributed by atoms with Crippen molar-refractivity contribution in [3.63, 3.8) is 0 Å². The van der Waals surface area contributed by atoms with Crippen LogP contribution in [0.25, 0.3) is 5.69 Å². The summed E-state index contributed by atoms with van der Waals surface area (Å²) in [6, 6.07) is 5.77. The third kappa shape index (κ3) is 3.30. The lowest BCUT2D eigenvalue weighted by Gasteiger charge is -2.16. The summed E-state index contributed by atoms with van der Waals surface area (Å²) < 4.78 is 14.6. The molecule has 0 bridgehead atoms. The van der Waals surface area contributed by atoms with E-state index in [1.807, 2.05) is 0 Å². The standard InChI is InChI=1S/C15H16FN3O3/c1-3-18(9-14(20)21)15(22)12-6-7-19(17-12)13-5-4-11(16)8-10(13)2/h4-8H,3,9H2,1-2H3,(H,20,21). The number of likely N-dealkylation sites (N-methyl/N-ethyl adjacent to an activating group) is 1. The van der Waals surface area contributed by atoms with E-state index in [0.29, 0.717) is 11.3 Å². The Morgan fingerprint density at radius 1 is 1.36 bits per heavy atom. The van der Waals surface area contributed by atoms with E-state index in [1.165, 1.54) is 27.8 Å². The van der Waals surface area contributed by atoms with Crippen LogP contribution in [0.2, 0.25) is 0 Å². The minimum Gasteiger partial charge on any atom is -0.480 e. The quantitative estimate of drug-likeness (QED) is 0.915. The highest BCUT2D eigenvalue weighted by Crippen LogP contribution is 2.15. The lowest BCUT2D eigenvalue weighted by atomic mass is 10.2. The molecule has 2 rings (SSSR count). The number of carboxylic acids is 1. The van der Waals surface area contributed by atoms with Gasteiger partial charge in [-0.3, -0.25) is 9.59 Å². The molecule has 0 unspecified atom stereocenters. The number of hydrogen-bond donors (Lipinski definition) is 1. The predicted octanol–water partition coefficient (Wildman–Crippen LogP) is 1.87. The number of halogens is 1. The molecular weight excluding hydrogens is 289 g/mol. The minimum atomic E-state index is -1.08. The van der Waals surface area contributed by atoms with E-state index in [-0.39, 0.29) is 24.6 Å². The number of hydrogen-bond acceptors (Lipinski definition) is 3. The number of nitrogens with zero attached hydrogens (tertiary/aromatic N) is 3. The fraction of sp³-hybridized carbons (Fsp3) is 0.267. The number of benzene rings is 1. The van der Waals surface area contributed by atoms with Crippen molar-refractivity contribution in [1.82, 2.24) is 14.7 Å². The first-order valence-corrected chi connectivity index (χ1v) is 6.75. The van der Waals surface area contributed by atoms with E-state index in [9.17, 15) is 14.0 Å². The largest absolute Gasteiger partial charge is 0.480 e. The average Bonchev–Trinajstić information content (AvgIpc) is 2.93. The maximum absolute atomic E-state index is 13.1. The van der Waals surface area contributed by atoms with Crippen LogP contribution in [0.1, 0.15) is 23.0 Å². The molecule has 0 aliphatic heterocycles. The Hall–Kier alpha value is -2.70. The summed E-state index contributed by atoms with van der Waals surface area (Å²) in [5.41, 5.74) is 1.48. The molecule has 116 valence electrons. The van der Waals surface area contributed by atoms with E-state index >= 15 is 0 Å². The van der Waals surface area contributed by atoms with Crippen LogP contribution in [0.15, 0.2) is 30.5 Å². The molecule has 7 heteroatoms. The van der Waals surface area contributed by atoms with E-state index in [2.05, 4.69) is 5.10 Å². The lowest BCUT2D eigenvalue weighted by molar-refractivity contribution is -0.137. The van der Waals surface area contributed by atoms with Gasteiger partial charge in [-0.15, -0.1) is 0 Å². The zero-order valence-electron chi connectivity index (χ0n) is 12.3. The van der Waals surface area contributed by atoms with Gasteiger partial charge >= 0.3 is 5.97 Å². The van der Waals surface area contributed by atoms with Gasteiger partial charge in [0.15, 0.2) is 5.69 Å². The topological polar surface area (TPSA) is 75.4 Å². The lowest BCUT2D eigenvalue weighted by Crippen LogP contribution is -2.35. The molecule has 0 aliphatic rings. The third-order valence-corrected chi connectivity index (χ3v) is 3.21. The molecule has 1 aromatic heterocycles. The van der Waals surface area contributed by atoms with Crippen molar-refractivity contribution in [3.8, 4) is 5.69 Å². The van der Waals surface area contributed by atoms with Gasteiger partial charge < -0.3 is 10.0 Å². The van der Waals surface area contributed by atoms with Crippen molar-refractivity contribution in [2.24, 2.45) is 0 Å². The van der Waals surface area contributed by atoms with Gasteiger partial charge in [-0.25, -0.2) is 9.07 Å². The molecule has 1 heterocycles. The first-order chi connectivity index (χ1) is 10.4. The number of carbonyl (C=O) groups excluding carboxylic acids is 1. The molecular formula is C15H16FN3O3. The van der Waals surface area contributed by atoms with Gasteiger partial charge in [0.2, 0.25) is 0 Å². The third-order valence-electron chi connectivity index (χ3n) is 3.21. The predicted molar refractivity (Wildman–Crippen MR) is 77.5 cm³/mol. The van der Waals surface area contributed by atoms with E-state index in [1.54, 1.807) is 26.1 Å². The number of carboxylic acid groups (broad SMARTS) is 1. The monoisotopic (exact) mass is 305 g/mol. The Morgan fingerprint density at radius 2 is 2.09 bits per heavy atom. The van der Waals surface area contributed by atoms with Gasteiger partial charge in [0.1, 0.15) is 12.4 Å². The molecule has 0 aliphatic carbocycles. The van der Waals surface area contributed by atoms with Crippen molar-refractivity contribution in [2.75, 3.05) is 13.1 Å². The number of amides is 1. The SMILES string of the molecule is CCN(CC(=O)O)C(=O)c1ccn(-c2ccc(F)cc2C)n1. The Balaban J connectivity index is 2.27. The number of aliphatic carboxylic acids is 1. The van der Waals surface area contributed by atoms with Crippen LogP contribution in [0, 0.1) is 12.7 Å². The first kappa shape index (κ1) is 15.7.